The second kappa shape index (κ2) is 3.11. The minimum absolute atomic E-state index is 0.0571. The Labute approximate surface area is 60.5 Å². The summed E-state index contributed by atoms with van der Waals surface area (Å²) in [5.74, 6) is 0.0571. The zero-order valence-corrected chi connectivity index (χ0v) is 5.92. The highest BCUT2D eigenvalue weighted by Crippen LogP contribution is 2.13. The van der Waals surface area contributed by atoms with Gasteiger partial charge in [-0.25, -0.2) is 0 Å². The summed E-state index contributed by atoms with van der Waals surface area (Å²) in [5, 5.41) is 13.7. The maximum Gasteiger partial charge on any atom is 0.178 e. The van der Waals surface area contributed by atoms with Crippen molar-refractivity contribution in [2.45, 2.75) is 6.92 Å². The first kappa shape index (κ1) is 6.93. The molecule has 0 aliphatic rings. The van der Waals surface area contributed by atoms with Gasteiger partial charge in [0.2, 0.25) is 0 Å². The van der Waals surface area contributed by atoms with E-state index in [-0.39, 0.29) is 5.75 Å². The second-order valence-corrected chi connectivity index (χ2v) is 2.05. The Morgan fingerprint density at radius 1 is 1.30 bits per heavy atom. The summed E-state index contributed by atoms with van der Waals surface area (Å²) >= 11 is 0. The van der Waals surface area contributed by atoms with Crippen LogP contribution in [0.3, 0.4) is 0 Å². The van der Waals surface area contributed by atoms with Crippen molar-refractivity contribution >= 4 is 5.69 Å². The van der Waals surface area contributed by atoms with Gasteiger partial charge in [0.25, 0.3) is 0 Å². The molecule has 1 aromatic carbocycles. The van der Waals surface area contributed by atoms with Crippen LogP contribution < -0.4 is 5.32 Å². The highest BCUT2D eigenvalue weighted by molar-refractivity contribution is 5.45. The lowest BCUT2D eigenvalue weighted by atomic mass is 10.3. The summed E-state index contributed by atoms with van der Waals surface area (Å²) in [6.07, 6.45) is 0. The van der Waals surface area contributed by atoms with Crippen molar-refractivity contribution in [2.24, 2.45) is 0 Å². The first-order valence-electron chi connectivity index (χ1n) is 3.34. The lowest BCUT2D eigenvalue weighted by Gasteiger charge is -1.99. The lowest BCUT2D eigenvalue weighted by Crippen LogP contribution is -1.94. The minimum atomic E-state index is 0.0571. The average Bonchev–Trinajstić information content (AvgIpc) is 1.95. The molecule has 0 aliphatic carbocycles. The fourth-order valence-corrected chi connectivity index (χ4v) is 0.777. The third-order valence-corrected chi connectivity index (χ3v) is 1.24. The molecule has 0 saturated heterocycles. The van der Waals surface area contributed by atoms with Crippen LogP contribution in [0.2, 0.25) is 0 Å². The van der Waals surface area contributed by atoms with Gasteiger partial charge in [0.05, 0.1) is 0 Å². The van der Waals surface area contributed by atoms with Gasteiger partial charge in [-0.3, -0.25) is 5.11 Å². The van der Waals surface area contributed by atoms with E-state index in [1.807, 2.05) is 6.92 Å². The van der Waals surface area contributed by atoms with Gasteiger partial charge in [-0.05, 0) is 31.2 Å². The highest BCUT2D eigenvalue weighted by atomic mass is 16.3. The van der Waals surface area contributed by atoms with Gasteiger partial charge in [0, 0.05) is 12.2 Å². The van der Waals surface area contributed by atoms with Crippen molar-refractivity contribution in [2.75, 3.05) is 11.9 Å². The zero-order valence-electron chi connectivity index (χ0n) is 5.92. The predicted octanol–water partition coefficient (Wildman–Crippen LogP) is 2.26. The number of hydrogen-bond acceptors (Lipinski definition) is 1. The molecular weight excluding hydrogens is 126 g/mol. The van der Waals surface area contributed by atoms with Crippen molar-refractivity contribution < 1.29 is 5.11 Å². The smallest absolute Gasteiger partial charge is 0.178 e. The van der Waals surface area contributed by atoms with Crippen molar-refractivity contribution in [3.8, 4) is 5.75 Å². The van der Waals surface area contributed by atoms with Crippen LogP contribution in [0.1, 0.15) is 6.92 Å². The number of hydrogen-bond donors (Lipinski definition) is 1. The Balaban J connectivity index is 2.69. The third-order valence-electron chi connectivity index (χ3n) is 1.24. The highest BCUT2D eigenvalue weighted by Gasteiger charge is 1.89. The van der Waals surface area contributed by atoms with Crippen molar-refractivity contribution in [1.82, 2.24) is 0 Å². The van der Waals surface area contributed by atoms with E-state index in [4.69, 9.17) is 0 Å². The predicted molar refractivity (Wildman–Crippen MR) is 40.7 cm³/mol. The molecule has 0 saturated carbocycles. The SMILES string of the molecule is CCNc1ccc([O])cc1. The van der Waals surface area contributed by atoms with Crippen molar-refractivity contribution in [3.63, 3.8) is 0 Å². The van der Waals surface area contributed by atoms with Crippen LogP contribution in [0.25, 0.3) is 0 Å². The van der Waals surface area contributed by atoms with E-state index in [1.54, 1.807) is 24.3 Å². The molecule has 0 atom stereocenters. The second-order valence-electron chi connectivity index (χ2n) is 2.05. The van der Waals surface area contributed by atoms with Gasteiger partial charge in [0.15, 0.2) is 5.75 Å². The van der Waals surface area contributed by atoms with E-state index in [0.717, 1.165) is 12.2 Å². The molecule has 0 heterocycles. The molecule has 0 aliphatic heterocycles. The molecule has 0 fully saturated rings. The molecule has 0 unspecified atom stereocenters. The van der Waals surface area contributed by atoms with E-state index >= 15 is 0 Å². The fraction of sp³-hybridized carbons (Fsp3) is 0.250. The van der Waals surface area contributed by atoms with E-state index < -0.39 is 0 Å². The molecule has 0 bridgehead atoms. The summed E-state index contributed by atoms with van der Waals surface area (Å²) in [5.41, 5.74) is 1.00. The van der Waals surface area contributed by atoms with Gasteiger partial charge in [-0.1, -0.05) is 0 Å². The molecule has 0 spiro atoms. The first-order valence-corrected chi connectivity index (χ1v) is 3.34. The van der Waals surface area contributed by atoms with Gasteiger partial charge >= 0.3 is 0 Å². The molecule has 1 aromatic rings. The van der Waals surface area contributed by atoms with Crippen LogP contribution in [-0.2, 0) is 5.11 Å². The van der Waals surface area contributed by atoms with Crippen LogP contribution in [0.15, 0.2) is 24.3 Å². The number of nitrogens with one attached hydrogen (secondary N) is 1. The normalized spacial score (nSPS) is 9.30. The third kappa shape index (κ3) is 1.65. The molecule has 1 radical (unpaired) electrons. The topological polar surface area (TPSA) is 31.9 Å². The van der Waals surface area contributed by atoms with Crippen LogP contribution in [0, 0.1) is 0 Å². The van der Waals surface area contributed by atoms with Gasteiger partial charge < -0.3 is 5.32 Å². The number of anilines is 1. The molecule has 0 amide bonds. The quantitative estimate of drug-likeness (QED) is 0.664. The average molecular weight is 136 g/mol. The zero-order chi connectivity index (χ0) is 7.40. The molecule has 0 aromatic heterocycles. The maximum absolute atomic E-state index is 10.6. The molecule has 53 valence electrons. The number of benzene rings is 1. The van der Waals surface area contributed by atoms with Crippen LogP contribution >= 0.6 is 0 Å². The van der Waals surface area contributed by atoms with Crippen LogP contribution in [0.4, 0.5) is 5.69 Å². The van der Waals surface area contributed by atoms with E-state index in [9.17, 15) is 5.11 Å². The monoisotopic (exact) mass is 136 g/mol. The van der Waals surface area contributed by atoms with Crippen molar-refractivity contribution in [1.29, 1.82) is 0 Å². The van der Waals surface area contributed by atoms with E-state index in [1.165, 1.54) is 0 Å². The maximum atomic E-state index is 10.6. The summed E-state index contributed by atoms with van der Waals surface area (Å²) in [7, 11) is 0. The van der Waals surface area contributed by atoms with E-state index in [2.05, 4.69) is 5.32 Å². The summed E-state index contributed by atoms with van der Waals surface area (Å²) in [4.78, 5) is 0. The van der Waals surface area contributed by atoms with Gasteiger partial charge in [0.1, 0.15) is 0 Å². The Bertz CT molecular complexity index is 193. The molecule has 2 heteroatoms. The molecule has 1 N–H and O–H groups in total. The molecule has 1 rings (SSSR count). The summed E-state index contributed by atoms with van der Waals surface area (Å²) in [6, 6.07) is 6.67. The lowest BCUT2D eigenvalue weighted by molar-refractivity contribution is 0.355. The molecule has 10 heavy (non-hydrogen) atoms. The van der Waals surface area contributed by atoms with Crippen LogP contribution in [-0.4, -0.2) is 6.54 Å². The Kier molecular flexibility index (Phi) is 2.15. The standard InChI is InChI=1S/C8H10NO/c1-2-9-7-3-5-8(10)6-4-7/h3-6,9H,2H2,1H3. The van der Waals surface area contributed by atoms with Gasteiger partial charge in [-0.15, -0.1) is 0 Å². The fourth-order valence-electron chi connectivity index (χ4n) is 0.777. The van der Waals surface area contributed by atoms with Crippen molar-refractivity contribution in [3.05, 3.63) is 24.3 Å². The minimum Gasteiger partial charge on any atom is -0.385 e. The Morgan fingerprint density at radius 2 is 1.90 bits per heavy atom. The van der Waals surface area contributed by atoms with Crippen LogP contribution in [0.5, 0.6) is 5.75 Å². The number of rotatable bonds is 2. The molecule has 2 nitrogen and oxygen atoms in total. The summed E-state index contributed by atoms with van der Waals surface area (Å²) in [6.45, 7) is 2.91. The molecular formula is C8H10NO. The summed E-state index contributed by atoms with van der Waals surface area (Å²) < 4.78 is 0. The van der Waals surface area contributed by atoms with E-state index in [0.29, 0.717) is 0 Å². The largest absolute Gasteiger partial charge is 0.385 e. The Hall–Kier alpha value is -1.18. The Morgan fingerprint density at radius 3 is 2.40 bits per heavy atom. The first-order chi connectivity index (χ1) is 4.83. The van der Waals surface area contributed by atoms with Gasteiger partial charge in [-0.2, -0.15) is 0 Å².